The second-order valence-corrected chi connectivity index (χ2v) is 11.0. The number of aryl methyl sites for hydroxylation is 1. The van der Waals surface area contributed by atoms with Gasteiger partial charge in [0.2, 0.25) is 0 Å². The van der Waals surface area contributed by atoms with Crippen molar-refractivity contribution in [1.82, 2.24) is 0 Å². The van der Waals surface area contributed by atoms with Gasteiger partial charge in [-0.05, 0) is 61.0 Å². The number of hydrogen-bond donors (Lipinski definition) is 2. The summed E-state index contributed by atoms with van der Waals surface area (Å²) < 4.78 is 0. The summed E-state index contributed by atoms with van der Waals surface area (Å²) in [5.41, 5.74) is 2.59. The molecular formula is C26H46O2. The molecule has 0 aromatic heterocycles. The molecule has 0 heterocycles. The van der Waals surface area contributed by atoms with Gasteiger partial charge in [0.15, 0.2) is 0 Å². The van der Waals surface area contributed by atoms with Crippen molar-refractivity contribution in [3.63, 3.8) is 0 Å². The van der Waals surface area contributed by atoms with Gasteiger partial charge in [-0.1, -0.05) is 86.1 Å². The van der Waals surface area contributed by atoms with Crippen LogP contribution in [-0.2, 0) is 12.8 Å². The van der Waals surface area contributed by atoms with Crippen LogP contribution in [0.4, 0.5) is 0 Å². The van der Waals surface area contributed by atoms with E-state index >= 15 is 0 Å². The third-order valence-electron chi connectivity index (χ3n) is 5.57. The molecule has 0 spiro atoms. The minimum absolute atomic E-state index is 0.251. The van der Waals surface area contributed by atoms with Gasteiger partial charge in [-0.3, -0.25) is 0 Å². The molecule has 2 heteroatoms. The van der Waals surface area contributed by atoms with Crippen LogP contribution in [0.3, 0.4) is 0 Å². The van der Waals surface area contributed by atoms with E-state index in [1.54, 1.807) is 6.07 Å². The minimum atomic E-state index is 0.251. The van der Waals surface area contributed by atoms with Crippen molar-refractivity contribution in [2.45, 2.75) is 119 Å². The van der Waals surface area contributed by atoms with E-state index in [2.05, 4.69) is 41.5 Å². The van der Waals surface area contributed by atoms with Gasteiger partial charge in [0.05, 0.1) is 0 Å². The molecule has 28 heavy (non-hydrogen) atoms. The van der Waals surface area contributed by atoms with Gasteiger partial charge in [0, 0.05) is 5.56 Å². The molecule has 0 atom stereocenters. The molecule has 0 aliphatic rings. The van der Waals surface area contributed by atoms with Crippen LogP contribution in [-0.4, -0.2) is 10.2 Å². The third-order valence-corrected chi connectivity index (χ3v) is 5.57. The predicted octanol–water partition coefficient (Wildman–Crippen LogP) is 8.18. The molecule has 0 saturated heterocycles. The maximum Gasteiger partial charge on any atom is 0.125 e. The largest absolute Gasteiger partial charge is 0.508 e. The average molecular weight is 391 g/mol. The maximum atomic E-state index is 10.6. The second-order valence-electron chi connectivity index (χ2n) is 11.0. The molecule has 0 bridgehead atoms. The molecule has 2 N–H and O–H groups in total. The van der Waals surface area contributed by atoms with Gasteiger partial charge in [-0.25, -0.2) is 0 Å². The van der Waals surface area contributed by atoms with Crippen LogP contribution in [0.1, 0.15) is 117 Å². The number of phenolic OH excluding ortho intramolecular Hbond substituents is 2. The molecule has 2 nitrogen and oxygen atoms in total. The molecule has 0 fully saturated rings. The average Bonchev–Trinajstić information content (AvgIpc) is 2.56. The van der Waals surface area contributed by atoms with Crippen molar-refractivity contribution in [3.05, 3.63) is 23.3 Å². The van der Waals surface area contributed by atoms with E-state index in [0.717, 1.165) is 43.2 Å². The summed E-state index contributed by atoms with van der Waals surface area (Å²) in [7, 11) is 0. The summed E-state index contributed by atoms with van der Waals surface area (Å²) >= 11 is 0. The Labute approximate surface area is 174 Å². The highest BCUT2D eigenvalue weighted by molar-refractivity contribution is 5.48. The van der Waals surface area contributed by atoms with Gasteiger partial charge >= 0.3 is 0 Å². The summed E-state index contributed by atoms with van der Waals surface area (Å²) in [5.74, 6) is 0.588. The van der Waals surface area contributed by atoms with Crippen LogP contribution in [0.5, 0.6) is 11.5 Å². The molecule has 0 aliphatic carbocycles. The number of benzene rings is 1. The van der Waals surface area contributed by atoms with Gasteiger partial charge in [0.25, 0.3) is 0 Å². The lowest BCUT2D eigenvalue weighted by Crippen LogP contribution is -2.04. The van der Waals surface area contributed by atoms with Gasteiger partial charge in [0.1, 0.15) is 11.5 Å². The van der Waals surface area contributed by atoms with E-state index in [-0.39, 0.29) is 5.75 Å². The fraction of sp³-hybridized carbons (Fsp3) is 0.769. The van der Waals surface area contributed by atoms with Crippen molar-refractivity contribution in [2.24, 2.45) is 10.8 Å². The van der Waals surface area contributed by atoms with Crippen molar-refractivity contribution in [2.75, 3.05) is 0 Å². The zero-order valence-corrected chi connectivity index (χ0v) is 19.5. The number of hydrogen-bond acceptors (Lipinski definition) is 2. The number of aromatic hydroxyl groups is 2. The predicted molar refractivity (Wildman–Crippen MR) is 122 cm³/mol. The molecule has 0 unspecified atom stereocenters. The Morgan fingerprint density at radius 3 is 1.57 bits per heavy atom. The SMILES string of the molecule is CC(C)(C)CCCCCCc1ccc(O)c(CCCCCCC(C)(C)C)c1O. The lowest BCUT2D eigenvalue weighted by atomic mass is 9.89. The Hall–Kier alpha value is -1.18. The minimum Gasteiger partial charge on any atom is -0.508 e. The fourth-order valence-corrected chi connectivity index (χ4v) is 3.76. The zero-order valence-electron chi connectivity index (χ0n) is 19.5. The first-order valence-corrected chi connectivity index (χ1v) is 11.5. The molecule has 1 rings (SSSR count). The van der Waals surface area contributed by atoms with E-state index in [1.165, 1.54) is 44.9 Å². The third kappa shape index (κ3) is 11.0. The number of phenols is 2. The Bertz CT molecular complexity index is 561. The first-order valence-electron chi connectivity index (χ1n) is 11.5. The van der Waals surface area contributed by atoms with Gasteiger partial charge in [-0.15, -0.1) is 0 Å². The summed E-state index contributed by atoms with van der Waals surface area (Å²) in [4.78, 5) is 0. The topological polar surface area (TPSA) is 40.5 Å². The van der Waals surface area contributed by atoms with E-state index in [9.17, 15) is 10.2 Å². The summed E-state index contributed by atoms with van der Waals surface area (Å²) in [6.07, 6.45) is 13.7. The van der Waals surface area contributed by atoms with Crippen LogP contribution in [0, 0.1) is 10.8 Å². The Morgan fingerprint density at radius 2 is 1.07 bits per heavy atom. The van der Waals surface area contributed by atoms with Crippen molar-refractivity contribution in [3.8, 4) is 11.5 Å². The maximum absolute atomic E-state index is 10.6. The van der Waals surface area contributed by atoms with Crippen LogP contribution >= 0.6 is 0 Å². The van der Waals surface area contributed by atoms with Gasteiger partial charge in [-0.2, -0.15) is 0 Å². The molecule has 162 valence electrons. The normalized spacial score (nSPS) is 12.5. The van der Waals surface area contributed by atoms with Crippen LogP contribution < -0.4 is 0 Å². The molecular weight excluding hydrogens is 344 g/mol. The first kappa shape index (κ1) is 24.9. The van der Waals surface area contributed by atoms with Crippen LogP contribution in [0.25, 0.3) is 0 Å². The smallest absolute Gasteiger partial charge is 0.125 e. The molecule has 0 radical (unpaired) electrons. The zero-order chi connectivity index (χ0) is 21.2. The van der Waals surface area contributed by atoms with E-state index in [0.29, 0.717) is 16.6 Å². The summed E-state index contributed by atoms with van der Waals surface area (Å²) in [6.45, 7) is 13.8. The lowest BCUT2D eigenvalue weighted by molar-refractivity contribution is 0.357. The fourth-order valence-electron chi connectivity index (χ4n) is 3.76. The van der Waals surface area contributed by atoms with Crippen molar-refractivity contribution < 1.29 is 10.2 Å². The Kier molecular flexibility index (Phi) is 10.4. The monoisotopic (exact) mass is 390 g/mol. The molecule has 0 amide bonds. The Morgan fingerprint density at radius 1 is 0.607 bits per heavy atom. The van der Waals surface area contributed by atoms with Crippen molar-refractivity contribution in [1.29, 1.82) is 0 Å². The highest BCUT2D eigenvalue weighted by atomic mass is 16.3. The Balaban J connectivity index is 2.37. The van der Waals surface area contributed by atoms with E-state index < -0.39 is 0 Å². The van der Waals surface area contributed by atoms with E-state index in [1.807, 2.05) is 6.07 Å². The summed E-state index contributed by atoms with van der Waals surface area (Å²) in [5, 5.41) is 20.8. The van der Waals surface area contributed by atoms with Crippen LogP contribution in [0.2, 0.25) is 0 Å². The molecule has 0 saturated carbocycles. The molecule has 1 aromatic carbocycles. The number of rotatable bonds is 12. The van der Waals surface area contributed by atoms with Crippen LogP contribution in [0.15, 0.2) is 12.1 Å². The number of unbranched alkanes of at least 4 members (excludes halogenated alkanes) is 6. The van der Waals surface area contributed by atoms with Crippen molar-refractivity contribution >= 4 is 0 Å². The molecule has 0 aliphatic heterocycles. The van der Waals surface area contributed by atoms with Gasteiger partial charge < -0.3 is 10.2 Å². The first-order chi connectivity index (χ1) is 13.0. The second kappa shape index (κ2) is 11.7. The lowest BCUT2D eigenvalue weighted by Gasteiger charge is -2.17. The highest BCUT2D eigenvalue weighted by Gasteiger charge is 2.13. The highest BCUT2D eigenvalue weighted by Crippen LogP contribution is 2.33. The quantitative estimate of drug-likeness (QED) is 0.353. The molecule has 1 aromatic rings. The summed E-state index contributed by atoms with van der Waals surface area (Å²) in [6, 6.07) is 3.66. The van der Waals surface area contributed by atoms with E-state index in [4.69, 9.17) is 0 Å². The standard InChI is InChI=1S/C26H46O2/c1-25(2,3)19-13-9-7-11-15-21-17-18-23(27)22(24(21)28)16-12-8-10-14-20-26(4,5)6/h17-18,27-28H,7-16,19-20H2,1-6H3.